The highest BCUT2D eigenvalue weighted by Crippen LogP contribution is 2.32. The standard InChI is InChI=1S/C11H19NO2/c12-10(8-6-7-8)11(13)14-9-4-2-1-3-5-9/h8-10H,1-7,12H2. The van der Waals surface area contributed by atoms with Gasteiger partial charge in [0.2, 0.25) is 0 Å². The Balaban J connectivity index is 1.74. The van der Waals surface area contributed by atoms with Crippen molar-refractivity contribution in [3.63, 3.8) is 0 Å². The summed E-state index contributed by atoms with van der Waals surface area (Å²) in [6, 6.07) is -0.350. The van der Waals surface area contributed by atoms with Crippen LogP contribution in [0.2, 0.25) is 0 Å². The van der Waals surface area contributed by atoms with Crippen molar-refractivity contribution in [3.05, 3.63) is 0 Å². The fourth-order valence-electron chi connectivity index (χ4n) is 2.07. The number of hydrogen-bond acceptors (Lipinski definition) is 3. The molecule has 0 heterocycles. The van der Waals surface area contributed by atoms with E-state index in [2.05, 4.69) is 0 Å². The van der Waals surface area contributed by atoms with Gasteiger partial charge in [-0.25, -0.2) is 0 Å². The lowest BCUT2D eigenvalue weighted by Crippen LogP contribution is -2.37. The minimum Gasteiger partial charge on any atom is -0.461 e. The van der Waals surface area contributed by atoms with E-state index in [1.807, 2.05) is 0 Å². The topological polar surface area (TPSA) is 52.3 Å². The molecule has 1 atom stereocenters. The Hall–Kier alpha value is -0.570. The van der Waals surface area contributed by atoms with Crippen molar-refractivity contribution in [1.82, 2.24) is 0 Å². The number of carbonyl (C=O) groups excluding carboxylic acids is 1. The van der Waals surface area contributed by atoms with Crippen molar-refractivity contribution in [2.24, 2.45) is 11.7 Å². The molecule has 0 radical (unpaired) electrons. The Morgan fingerprint density at radius 2 is 1.79 bits per heavy atom. The molecular weight excluding hydrogens is 178 g/mol. The van der Waals surface area contributed by atoms with E-state index in [1.165, 1.54) is 19.3 Å². The van der Waals surface area contributed by atoms with Crippen molar-refractivity contribution in [1.29, 1.82) is 0 Å². The molecule has 2 rings (SSSR count). The Labute approximate surface area is 85.0 Å². The maximum atomic E-state index is 11.5. The summed E-state index contributed by atoms with van der Waals surface area (Å²) < 4.78 is 5.39. The average molecular weight is 197 g/mol. The number of carbonyl (C=O) groups is 1. The van der Waals surface area contributed by atoms with Crippen molar-refractivity contribution in [2.75, 3.05) is 0 Å². The molecule has 0 aromatic carbocycles. The van der Waals surface area contributed by atoms with Crippen LogP contribution in [0, 0.1) is 5.92 Å². The third-order valence-corrected chi connectivity index (χ3v) is 3.24. The van der Waals surface area contributed by atoms with Crippen LogP contribution in [0.4, 0.5) is 0 Å². The molecule has 0 aromatic heterocycles. The molecule has 0 aromatic rings. The molecule has 2 aliphatic carbocycles. The molecule has 14 heavy (non-hydrogen) atoms. The van der Waals surface area contributed by atoms with Gasteiger partial charge in [0.1, 0.15) is 12.1 Å². The fraction of sp³-hybridized carbons (Fsp3) is 0.909. The lowest BCUT2D eigenvalue weighted by atomic mass is 9.98. The molecule has 2 N–H and O–H groups in total. The lowest BCUT2D eigenvalue weighted by molar-refractivity contribution is -0.152. The zero-order valence-corrected chi connectivity index (χ0v) is 8.58. The van der Waals surface area contributed by atoms with Crippen LogP contribution in [0.25, 0.3) is 0 Å². The van der Waals surface area contributed by atoms with Crippen LogP contribution >= 0.6 is 0 Å². The minimum atomic E-state index is -0.350. The number of ether oxygens (including phenoxy) is 1. The van der Waals surface area contributed by atoms with Gasteiger partial charge >= 0.3 is 5.97 Å². The maximum absolute atomic E-state index is 11.5. The van der Waals surface area contributed by atoms with Gasteiger partial charge in [0.05, 0.1) is 0 Å². The lowest BCUT2D eigenvalue weighted by Gasteiger charge is -2.23. The SMILES string of the molecule is NC(C(=O)OC1CCCCC1)C1CC1. The first-order valence-electron chi connectivity index (χ1n) is 5.73. The van der Waals surface area contributed by atoms with E-state index in [1.54, 1.807) is 0 Å². The molecule has 80 valence electrons. The predicted molar refractivity (Wildman–Crippen MR) is 53.7 cm³/mol. The number of rotatable bonds is 3. The highest BCUT2D eigenvalue weighted by Gasteiger charge is 2.35. The van der Waals surface area contributed by atoms with Crippen molar-refractivity contribution >= 4 is 5.97 Å². The molecule has 0 amide bonds. The van der Waals surface area contributed by atoms with Crippen LogP contribution in [0.15, 0.2) is 0 Å². The van der Waals surface area contributed by atoms with Crippen LogP contribution in [0.1, 0.15) is 44.9 Å². The van der Waals surface area contributed by atoms with Gasteiger partial charge in [0, 0.05) is 0 Å². The highest BCUT2D eigenvalue weighted by atomic mass is 16.5. The third kappa shape index (κ3) is 2.47. The second kappa shape index (κ2) is 4.30. The number of nitrogens with two attached hydrogens (primary N) is 1. The van der Waals surface area contributed by atoms with E-state index in [4.69, 9.17) is 10.5 Å². The summed E-state index contributed by atoms with van der Waals surface area (Å²) in [5.74, 6) is 0.241. The Bertz CT molecular complexity index is 207. The Morgan fingerprint density at radius 3 is 2.36 bits per heavy atom. The molecule has 3 nitrogen and oxygen atoms in total. The van der Waals surface area contributed by atoms with E-state index in [9.17, 15) is 4.79 Å². The molecule has 2 fully saturated rings. The number of esters is 1. The second-order valence-electron chi connectivity index (χ2n) is 4.56. The maximum Gasteiger partial charge on any atom is 0.323 e. The first-order valence-corrected chi connectivity index (χ1v) is 5.73. The number of hydrogen-bond donors (Lipinski definition) is 1. The van der Waals surface area contributed by atoms with E-state index in [0.717, 1.165) is 25.7 Å². The first kappa shape index (κ1) is 9.97. The van der Waals surface area contributed by atoms with Crippen molar-refractivity contribution < 1.29 is 9.53 Å². The van der Waals surface area contributed by atoms with Crippen LogP contribution < -0.4 is 5.73 Å². The first-order chi connectivity index (χ1) is 6.77. The Morgan fingerprint density at radius 1 is 1.14 bits per heavy atom. The van der Waals surface area contributed by atoms with Gasteiger partial charge in [-0.2, -0.15) is 0 Å². The van der Waals surface area contributed by atoms with Gasteiger partial charge in [0.15, 0.2) is 0 Å². The molecule has 2 saturated carbocycles. The zero-order chi connectivity index (χ0) is 9.97. The average Bonchev–Trinajstić information content (AvgIpc) is 3.01. The van der Waals surface area contributed by atoms with Crippen LogP contribution in [-0.2, 0) is 9.53 Å². The molecule has 0 bridgehead atoms. The fourth-order valence-corrected chi connectivity index (χ4v) is 2.07. The largest absolute Gasteiger partial charge is 0.461 e. The summed E-state index contributed by atoms with van der Waals surface area (Å²) in [7, 11) is 0. The second-order valence-corrected chi connectivity index (χ2v) is 4.56. The molecule has 2 aliphatic rings. The monoisotopic (exact) mass is 197 g/mol. The minimum absolute atomic E-state index is 0.154. The summed E-state index contributed by atoms with van der Waals surface area (Å²) >= 11 is 0. The molecule has 0 aliphatic heterocycles. The third-order valence-electron chi connectivity index (χ3n) is 3.24. The quantitative estimate of drug-likeness (QED) is 0.699. The summed E-state index contributed by atoms with van der Waals surface area (Å²) in [5.41, 5.74) is 5.77. The smallest absolute Gasteiger partial charge is 0.323 e. The van der Waals surface area contributed by atoms with Gasteiger partial charge in [0.25, 0.3) is 0 Å². The highest BCUT2D eigenvalue weighted by molar-refractivity contribution is 5.76. The van der Waals surface area contributed by atoms with Gasteiger partial charge in [-0.1, -0.05) is 6.42 Å². The molecule has 1 unspecified atom stereocenters. The van der Waals surface area contributed by atoms with Gasteiger partial charge < -0.3 is 10.5 Å². The summed E-state index contributed by atoms with van der Waals surface area (Å²) in [6.45, 7) is 0. The molecule has 0 saturated heterocycles. The van der Waals surface area contributed by atoms with Gasteiger partial charge in [-0.05, 0) is 44.4 Å². The summed E-state index contributed by atoms with van der Waals surface area (Å²) in [4.78, 5) is 11.5. The van der Waals surface area contributed by atoms with Gasteiger partial charge in [-0.3, -0.25) is 4.79 Å². The van der Waals surface area contributed by atoms with Crippen molar-refractivity contribution in [3.8, 4) is 0 Å². The normalized spacial score (nSPS) is 25.8. The zero-order valence-electron chi connectivity index (χ0n) is 8.58. The predicted octanol–water partition coefficient (Wildman–Crippen LogP) is 1.60. The van der Waals surface area contributed by atoms with Crippen molar-refractivity contribution in [2.45, 2.75) is 57.1 Å². The summed E-state index contributed by atoms with van der Waals surface area (Å²) in [5, 5.41) is 0. The van der Waals surface area contributed by atoms with E-state index in [-0.39, 0.29) is 18.1 Å². The molecule has 0 spiro atoms. The van der Waals surface area contributed by atoms with Crippen LogP contribution in [0.5, 0.6) is 0 Å². The Kier molecular flexibility index (Phi) is 3.06. The van der Waals surface area contributed by atoms with E-state index in [0.29, 0.717) is 5.92 Å². The summed E-state index contributed by atoms with van der Waals surface area (Å²) in [6.07, 6.45) is 8.07. The molecule has 3 heteroatoms. The van der Waals surface area contributed by atoms with E-state index < -0.39 is 0 Å². The molecular formula is C11H19NO2. The van der Waals surface area contributed by atoms with Crippen LogP contribution in [-0.4, -0.2) is 18.1 Å². The van der Waals surface area contributed by atoms with Crippen LogP contribution in [0.3, 0.4) is 0 Å². The van der Waals surface area contributed by atoms with Gasteiger partial charge in [-0.15, -0.1) is 0 Å². The van der Waals surface area contributed by atoms with E-state index >= 15 is 0 Å².